The van der Waals surface area contributed by atoms with Gasteiger partial charge in [-0.1, -0.05) is 23.2 Å². The monoisotopic (exact) mass is 381 g/mol. The first-order valence-corrected chi connectivity index (χ1v) is 8.30. The lowest BCUT2D eigenvalue weighted by Crippen LogP contribution is -2.12. The van der Waals surface area contributed by atoms with Gasteiger partial charge in [0.25, 0.3) is 5.91 Å². The highest BCUT2D eigenvalue weighted by atomic mass is 35.5. The Morgan fingerprint density at radius 2 is 1.88 bits per heavy atom. The van der Waals surface area contributed by atoms with Crippen LogP contribution in [0.5, 0.6) is 0 Å². The molecule has 0 unspecified atom stereocenters. The molecule has 0 radical (unpaired) electrons. The summed E-state index contributed by atoms with van der Waals surface area (Å²) < 4.78 is 5.66. The number of fused-ring (bicyclic) bond motifs is 2. The van der Waals surface area contributed by atoms with Gasteiger partial charge in [-0.15, -0.1) is 0 Å². The minimum atomic E-state index is -0.344. The van der Waals surface area contributed by atoms with E-state index in [1.165, 1.54) is 6.20 Å². The fraction of sp³-hybridized carbons (Fsp3) is 0. The number of amides is 1. The molecule has 0 spiro atoms. The van der Waals surface area contributed by atoms with Crippen LogP contribution in [0.1, 0.15) is 16.1 Å². The summed E-state index contributed by atoms with van der Waals surface area (Å²) in [6, 6.07) is 13.7. The Balaban J connectivity index is 1.76. The number of anilines is 1. The molecule has 0 aliphatic carbocycles. The van der Waals surface area contributed by atoms with E-state index >= 15 is 0 Å². The van der Waals surface area contributed by atoms with Gasteiger partial charge >= 0.3 is 0 Å². The Labute approximate surface area is 158 Å². The Morgan fingerprint density at radius 3 is 2.65 bits per heavy atom. The number of nitriles is 1. The molecule has 1 amide bonds. The van der Waals surface area contributed by atoms with Crippen LogP contribution in [0.3, 0.4) is 0 Å². The van der Waals surface area contributed by atoms with Gasteiger partial charge in [0.05, 0.1) is 15.6 Å². The zero-order valence-electron chi connectivity index (χ0n) is 13.1. The molecule has 3 heterocycles. The normalized spacial score (nSPS) is 10.8. The molecule has 0 saturated carbocycles. The molecule has 4 aromatic rings. The minimum absolute atomic E-state index is 0.261. The van der Waals surface area contributed by atoms with E-state index < -0.39 is 0 Å². The highest BCUT2D eigenvalue weighted by Crippen LogP contribution is 2.37. The molecule has 0 aliphatic heterocycles. The first-order chi connectivity index (χ1) is 12.6. The Morgan fingerprint density at radius 1 is 1.08 bits per heavy atom. The lowest BCUT2D eigenvalue weighted by molar-refractivity contribution is 0.102. The number of aromatic nitrogens is 1. The van der Waals surface area contributed by atoms with E-state index in [-0.39, 0.29) is 11.6 Å². The van der Waals surface area contributed by atoms with Crippen LogP contribution in [0.25, 0.3) is 22.3 Å². The topological polar surface area (TPSA) is 78.9 Å². The smallest absolute Gasteiger partial charge is 0.260 e. The van der Waals surface area contributed by atoms with Crippen molar-refractivity contribution in [3.8, 4) is 17.2 Å². The third-order valence-electron chi connectivity index (χ3n) is 3.92. The van der Waals surface area contributed by atoms with Gasteiger partial charge in [0, 0.05) is 17.4 Å². The lowest BCUT2D eigenvalue weighted by Gasteiger charge is -2.08. The second kappa shape index (κ2) is 6.34. The van der Waals surface area contributed by atoms with E-state index in [0.717, 1.165) is 0 Å². The van der Waals surface area contributed by atoms with Crippen LogP contribution in [0.15, 0.2) is 53.1 Å². The number of hydrogen-bond donors (Lipinski definition) is 1. The second-order valence-electron chi connectivity index (χ2n) is 5.54. The lowest BCUT2D eigenvalue weighted by atomic mass is 9.99. The molecule has 7 heteroatoms. The van der Waals surface area contributed by atoms with Crippen LogP contribution in [-0.2, 0) is 0 Å². The van der Waals surface area contributed by atoms with Gasteiger partial charge in [-0.3, -0.25) is 4.79 Å². The number of halogens is 2. The van der Waals surface area contributed by atoms with Gasteiger partial charge in [0.2, 0.25) is 0 Å². The summed E-state index contributed by atoms with van der Waals surface area (Å²) in [6.07, 6.45) is 1.52. The quantitative estimate of drug-likeness (QED) is 0.517. The van der Waals surface area contributed by atoms with Crippen molar-refractivity contribution in [2.45, 2.75) is 0 Å². The molecule has 1 N–H and O–H groups in total. The van der Waals surface area contributed by atoms with E-state index in [4.69, 9.17) is 32.9 Å². The molecule has 3 aromatic heterocycles. The van der Waals surface area contributed by atoms with Crippen molar-refractivity contribution in [1.29, 1.82) is 5.26 Å². The van der Waals surface area contributed by atoms with Crippen molar-refractivity contribution in [2.75, 3.05) is 5.32 Å². The highest BCUT2D eigenvalue weighted by molar-refractivity contribution is 6.42. The van der Waals surface area contributed by atoms with Crippen LogP contribution >= 0.6 is 23.2 Å². The summed E-state index contributed by atoms with van der Waals surface area (Å²) in [5, 5.41) is 12.6. The summed E-state index contributed by atoms with van der Waals surface area (Å²) in [5.41, 5.74) is 3.50. The molecule has 126 valence electrons. The summed E-state index contributed by atoms with van der Waals surface area (Å²) in [5.74, 6) is -0.344. The van der Waals surface area contributed by atoms with Crippen molar-refractivity contribution in [3.05, 3.63) is 70.0 Å². The Hall–Kier alpha value is -3.07. The van der Waals surface area contributed by atoms with Gasteiger partial charge in [-0.2, -0.15) is 5.26 Å². The van der Waals surface area contributed by atoms with Gasteiger partial charge < -0.3 is 9.73 Å². The Bertz CT molecular complexity index is 1180. The third kappa shape index (κ3) is 2.76. The zero-order valence-corrected chi connectivity index (χ0v) is 14.6. The van der Waals surface area contributed by atoms with Crippen molar-refractivity contribution < 1.29 is 9.21 Å². The van der Waals surface area contributed by atoms with Crippen molar-refractivity contribution in [3.63, 3.8) is 0 Å². The van der Waals surface area contributed by atoms with Crippen molar-refractivity contribution in [1.82, 2.24) is 4.98 Å². The number of pyridine rings is 1. The number of carbonyl (C=O) groups excluding carboxylic acids is 1. The largest absolute Gasteiger partial charge is 0.456 e. The second-order valence-corrected chi connectivity index (χ2v) is 6.35. The standard InChI is InChI=1S/C19H9Cl2N3O2/c20-13-2-1-11(8-14(13)21)24-19(25)18-16-4-3-15(26-16)17(18)10-5-6-23-12(7-10)9-22/h1-8H,(H,24,25). The fourth-order valence-corrected chi connectivity index (χ4v) is 3.08. The highest BCUT2D eigenvalue weighted by Gasteiger charge is 2.24. The summed E-state index contributed by atoms with van der Waals surface area (Å²) in [6.45, 7) is 0. The Kier molecular flexibility index (Phi) is 4.00. The van der Waals surface area contributed by atoms with Gasteiger partial charge in [0.15, 0.2) is 0 Å². The van der Waals surface area contributed by atoms with Gasteiger partial charge in [-0.25, -0.2) is 4.98 Å². The predicted octanol–water partition coefficient (Wildman–Crippen LogP) is 5.36. The van der Waals surface area contributed by atoms with E-state index in [1.807, 2.05) is 6.07 Å². The van der Waals surface area contributed by atoms with Crippen LogP contribution in [0.2, 0.25) is 10.0 Å². The number of furan rings is 2. The number of benzene rings is 2. The molecular formula is C19H9Cl2N3O2. The molecule has 1 aromatic carbocycles. The molecule has 26 heavy (non-hydrogen) atoms. The molecule has 0 aliphatic rings. The van der Waals surface area contributed by atoms with E-state index in [9.17, 15) is 4.79 Å². The maximum Gasteiger partial charge on any atom is 0.260 e. The van der Waals surface area contributed by atoms with Gasteiger partial charge in [-0.05, 0) is 48.0 Å². The van der Waals surface area contributed by atoms with Crippen molar-refractivity contribution in [2.24, 2.45) is 0 Å². The number of rotatable bonds is 3. The van der Waals surface area contributed by atoms with Crippen LogP contribution in [0.4, 0.5) is 5.69 Å². The first-order valence-electron chi connectivity index (χ1n) is 7.54. The number of nitrogens with one attached hydrogen (secondary N) is 1. The molecule has 0 atom stereocenters. The number of hydrogen-bond acceptors (Lipinski definition) is 4. The van der Waals surface area contributed by atoms with Crippen LogP contribution in [-0.4, -0.2) is 10.9 Å². The summed E-state index contributed by atoms with van der Waals surface area (Å²) in [7, 11) is 0. The average molecular weight is 382 g/mol. The molecule has 2 bridgehead atoms. The van der Waals surface area contributed by atoms with E-state index in [0.29, 0.717) is 43.6 Å². The molecular weight excluding hydrogens is 373 g/mol. The molecule has 0 saturated heterocycles. The van der Waals surface area contributed by atoms with E-state index in [2.05, 4.69) is 10.3 Å². The number of carbonyl (C=O) groups is 1. The summed E-state index contributed by atoms with van der Waals surface area (Å²) in [4.78, 5) is 16.8. The average Bonchev–Trinajstić information content (AvgIpc) is 3.26. The minimum Gasteiger partial charge on any atom is -0.456 e. The maximum absolute atomic E-state index is 12.9. The molecule has 0 fully saturated rings. The first kappa shape index (κ1) is 16.4. The SMILES string of the molecule is N#Cc1cc(-c2c(C(=O)Nc3ccc(Cl)c(Cl)c3)c3ccc2o3)ccn1. The molecule has 4 rings (SSSR count). The van der Waals surface area contributed by atoms with Gasteiger partial charge in [0.1, 0.15) is 22.9 Å². The van der Waals surface area contributed by atoms with Crippen molar-refractivity contribution >= 4 is 46.0 Å². The van der Waals surface area contributed by atoms with Crippen LogP contribution < -0.4 is 5.32 Å². The van der Waals surface area contributed by atoms with Crippen LogP contribution in [0, 0.1) is 11.3 Å². The third-order valence-corrected chi connectivity index (χ3v) is 4.66. The zero-order chi connectivity index (χ0) is 18.3. The van der Waals surface area contributed by atoms with E-state index in [1.54, 1.807) is 42.5 Å². The maximum atomic E-state index is 12.9. The number of nitrogens with zero attached hydrogens (tertiary/aromatic N) is 2. The predicted molar refractivity (Wildman–Crippen MR) is 99.8 cm³/mol. The molecule has 5 nitrogen and oxygen atoms in total. The summed E-state index contributed by atoms with van der Waals surface area (Å²) >= 11 is 11.9. The fourth-order valence-electron chi connectivity index (χ4n) is 2.78.